The number of benzene rings is 2. The van der Waals surface area contributed by atoms with Gasteiger partial charge in [0.2, 0.25) is 0 Å². The van der Waals surface area contributed by atoms with Crippen molar-refractivity contribution in [2.24, 2.45) is 0 Å². The van der Waals surface area contributed by atoms with Gasteiger partial charge in [-0.1, -0.05) is 42.5 Å². The molecule has 6 nitrogen and oxygen atoms in total. The predicted molar refractivity (Wildman–Crippen MR) is 107 cm³/mol. The molecular weight excluding hydrogens is 354 g/mol. The van der Waals surface area contributed by atoms with Crippen LogP contribution in [0.1, 0.15) is 0 Å². The van der Waals surface area contributed by atoms with E-state index in [4.69, 9.17) is 4.74 Å². The molecule has 0 amide bonds. The van der Waals surface area contributed by atoms with Crippen LogP contribution < -0.4 is 0 Å². The molecule has 138 valence electrons. The van der Waals surface area contributed by atoms with Gasteiger partial charge in [0, 0.05) is 23.5 Å². The van der Waals surface area contributed by atoms with Gasteiger partial charge in [0.1, 0.15) is 6.26 Å². The molecule has 0 atom stereocenters. The molecule has 0 radical (unpaired) electrons. The van der Waals surface area contributed by atoms with E-state index < -0.39 is 5.97 Å². The molecule has 28 heavy (non-hydrogen) atoms. The van der Waals surface area contributed by atoms with Crippen molar-refractivity contribution >= 4 is 22.6 Å². The minimum atomic E-state index is -0.632. The summed E-state index contributed by atoms with van der Waals surface area (Å²) in [4.78, 5) is 21.0. The Balaban J connectivity index is 1.81. The SMILES string of the molecule is COC(=O)/C(=C/O)n1ccc2ccc(-c3nccc(-c4ccccc4)n3)cc21. The second-order valence-electron chi connectivity index (χ2n) is 6.10. The third kappa shape index (κ3) is 3.12. The van der Waals surface area contributed by atoms with Crippen molar-refractivity contribution in [3.05, 3.63) is 79.3 Å². The summed E-state index contributed by atoms with van der Waals surface area (Å²) in [5, 5.41) is 10.4. The first-order valence-electron chi connectivity index (χ1n) is 8.64. The molecule has 0 fully saturated rings. The highest BCUT2D eigenvalue weighted by Crippen LogP contribution is 2.27. The average molecular weight is 371 g/mol. The fourth-order valence-corrected chi connectivity index (χ4v) is 3.06. The van der Waals surface area contributed by atoms with Crippen molar-refractivity contribution in [1.29, 1.82) is 0 Å². The lowest BCUT2D eigenvalue weighted by atomic mass is 10.1. The van der Waals surface area contributed by atoms with Crippen LogP contribution in [0, 0.1) is 0 Å². The van der Waals surface area contributed by atoms with Gasteiger partial charge in [-0.05, 0) is 23.6 Å². The number of carbonyl (C=O) groups is 1. The van der Waals surface area contributed by atoms with Gasteiger partial charge in [-0.25, -0.2) is 14.8 Å². The summed E-state index contributed by atoms with van der Waals surface area (Å²) in [6, 6.07) is 19.3. The van der Waals surface area contributed by atoms with E-state index in [1.165, 1.54) is 7.11 Å². The Labute approximate surface area is 161 Å². The zero-order valence-corrected chi connectivity index (χ0v) is 15.1. The first kappa shape index (κ1) is 17.5. The summed E-state index contributed by atoms with van der Waals surface area (Å²) in [7, 11) is 1.27. The Morgan fingerprint density at radius 2 is 1.89 bits per heavy atom. The molecule has 6 heteroatoms. The van der Waals surface area contributed by atoms with E-state index in [9.17, 15) is 9.90 Å². The van der Waals surface area contributed by atoms with E-state index >= 15 is 0 Å². The van der Waals surface area contributed by atoms with E-state index in [0.717, 1.165) is 34.0 Å². The molecule has 0 aliphatic carbocycles. The number of methoxy groups -OCH3 is 1. The van der Waals surface area contributed by atoms with Gasteiger partial charge >= 0.3 is 5.97 Å². The highest BCUT2D eigenvalue weighted by Gasteiger charge is 2.15. The van der Waals surface area contributed by atoms with Crippen molar-refractivity contribution in [2.75, 3.05) is 7.11 Å². The van der Waals surface area contributed by atoms with Crippen LogP contribution in [0.2, 0.25) is 0 Å². The maximum absolute atomic E-state index is 11.9. The monoisotopic (exact) mass is 371 g/mol. The van der Waals surface area contributed by atoms with E-state index in [2.05, 4.69) is 9.97 Å². The maximum atomic E-state index is 11.9. The largest absolute Gasteiger partial charge is 0.513 e. The molecule has 1 N–H and O–H groups in total. The maximum Gasteiger partial charge on any atom is 0.358 e. The number of aliphatic hydroxyl groups excluding tert-OH is 1. The first-order chi connectivity index (χ1) is 13.7. The number of nitrogens with zero attached hydrogens (tertiary/aromatic N) is 3. The van der Waals surface area contributed by atoms with Gasteiger partial charge in [0.05, 0.1) is 18.3 Å². The molecule has 0 spiro atoms. The minimum Gasteiger partial charge on any atom is -0.513 e. The summed E-state index contributed by atoms with van der Waals surface area (Å²) in [6.07, 6.45) is 4.17. The molecule has 0 aliphatic heterocycles. The van der Waals surface area contributed by atoms with Gasteiger partial charge in [0.25, 0.3) is 0 Å². The van der Waals surface area contributed by atoms with E-state index in [1.54, 1.807) is 17.0 Å². The van der Waals surface area contributed by atoms with Crippen LogP contribution in [0.4, 0.5) is 0 Å². The zero-order chi connectivity index (χ0) is 19.5. The summed E-state index contributed by atoms with van der Waals surface area (Å²) < 4.78 is 6.32. The van der Waals surface area contributed by atoms with Gasteiger partial charge in [0.15, 0.2) is 11.5 Å². The van der Waals surface area contributed by atoms with Crippen molar-refractivity contribution in [1.82, 2.24) is 14.5 Å². The standard InChI is InChI=1S/C22H17N3O3/c1-28-22(27)20(14-26)25-12-10-16-7-8-17(13-19(16)25)21-23-11-9-18(24-21)15-5-3-2-4-6-15/h2-14,26H,1H3/b20-14-. The highest BCUT2D eigenvalue weighted by molar-refractivity contribution is 6.11. The van der Waals surface area contributed by atoms with Crippen LogP contribution >= 0.6 is 0 Å². The second-order valence-corrected chi connectivity index (χ2v) is 6.10. The van der Waals surface area contributed by atoms with Crippen molar-refractivity contribution in [3.63, 3.8) is 0 Å². The Morgan fingerprint density at radius 1 is 1.07 bits per heavy atom. The molecule has 2 aromatic heterocycles. The van der Waals surface area contributed by atoms with Crippen LogP contribution in [0.3, 0.4) is 0 Å². The first-order valence-corrected chi connectivity index (χ1v) is 8.64. The number of esters is 1. The predicted octanol–water partition coefficient (Wildman–Crippen LogP) is 4.29. The molecule has 2 aromatic carbocycles. The lowest BCUT2D eigenvalue weighted by molar-refractivity contribution is -0.134. The molecule has 0 saturated carbocycles. The fourth-order valence-electron chi connectivity index (χ4n) is 3.06. The van der Waals surface area contributed by atoms with Crippen molar-refractivity contribution < 1.29 is 14.6 Å². The van der Waals surface area contributed by atoms with Crippen molar-refractivity contribution in [2.45, 2.75) is 0 Å². The lowest BCUT2D eigenvalue weighted by Crippen LogP contribution is -2.09. The van der Waals surface area contributed by atoms with E-state index in [-0.39, 0.29) is 5.70 Å². The average Bonchev–Trinajstić information content (AvgIpc) is 3.18. The number of fused-ring (bicyclic) bond motifs is 1. The lowest BCUT2D eigenvalue weighted by Gasteiger charge is -2.09. The van der Waals surface area contributed by atoms with Crippen LogP contribution in [-0.4, -0.2) is 32.7 Å². The smallest absolute Gasteiger partial charge is 0.358 e. The number of hydrogen-bond acceptors (Lipinski definition) is 5. The van der Waals surface area contributed by atoms with Crippen LogP contribution in [0.25, 0.3) is 39.2 Å². The second kappa shape index (κ2) is 7.36. The molecule has 4 rings (SSSR count). The molecule has 0 aliphatic rings. The molecular formula is C22H17N3O3. The number of hydrogen-bond donors (Lipinski definition) is 1. The molecule has 2 heterocycles. The Bertz CT molecular complexity index is 1180. The van der Waals surface area contributed by atoms with Gasteiger partial charge < -0.3 is 14.4 Å². The van der Waals surface area contributed by atoms with Crippen molar-refractivity contribution in [3.8, 4) is 22.6 Å². The van der Waals surface area contributed by atoms with Crippen LogP contribution in [0.15, 0.2) is 79.3 Å². The summed E-state index contributed by atoms with van der Waals surface area (Å²) in [5.74, 6) is -0.0590. The number of rotatable bonds is 4. The van der Waals surface area contributed by atoms with Crippen LogP contribution in [-0.2, 0) is 9.53 Å². The minimum absolute atomic E-state index is 0.0219. The van der Waals surface area contributed by atoms with Gasteiger partial charge in [-0.2, -0.15) is 0 Å². The third-order valence-electron chi connectivity index (χ3n) is 4.45. The molecule has 0 unspecified atom stereocenters. The Hall–Kier alpha value is -3.93. The van der Waals surface area contributed by atoms with Gasteiger partial charge in [-0.3, -0.25) is 0 Å². The summed E-state index contributed by atoms with van der Waals surface area (Å²) >= 11 is 0. The highest BCUT2D eigenvalue weighted by atomic mass is 16.5. The molecule has 4 aromatic rings. The number of carbonyl (C=O) groups excluding carboxylic acids is 1. The summed E-state index contributed by atoms with van der Waals surface area (Å²) in [6.45, 7) is 0. The van der Waals surface area contributed by atoms with Crippen LogP contribution in [0.5, 0.6) is 0 Å². The van der Waals surface area contributed by atoms with E-state index in [1.807, 2.05) is 60.7 Å². The zero-order valence-electron chi connectivity index (χ0n) is 15.1. The molecule has 0 saturated heterocycles. The number of ether oxygens (including phenoxy) is 1. The fraction of sp³-hybridized carbons (Fsp3) is 0.0455. The third-order valence-corrected chi connectivity index (χ3v) is 4.45. The quantitative estimate of drug-likeness (QED) is 0.329. The number of aliphatic hydroxyl groups is 1. The van der Waals surface area contributed by atoms with Gasteiger partial charge in [-0.15, -0.1) is 0 Å². The Kier molecular flexibility index (Phi) is 4.60. The number of aromatic nitrogens is 3. The topological polar surface area (TPSA) is 77.2 Å². The Morgan fingerprint density at radius 3 is 2.64 bits per heavy atom. The molecule has 0 bridgehead atoms. The normalized spacial score (nSPS) is 11.5. The summed E-state index contributed by atoms with van der Waals surface area (Å²) in [5.41, 5.74) is 3.39. The van der Waals surface area contributed by atoms with E-state index in [0.29, 0.717) is 5.82 Å².